The molecule has 0 rings (SSSR count). The highest BCUT2D eigenvalue weighted by atomic mass is 19.4. The van der Waals surface area contributed by atoms with Crippen molar-refractivity contribution in [3.8, 4) is 0 Å². The summed E-state index contributed by atoms with van der Waals surface area (Å²) in [5, 5.41) is 8.85. The van der Waals surface area contributed by atoms with Gasteiger partial charge in [0.2, 0.25) is 0 Å². The van der Waals surface area contributed by atoms with Crippen LogP contribution < -0.4 is 0 Å². The molecule has 3 atom stereocenters. The van der Waals surface area contributed by atoms with Crippen molar-refractivity contribution in [2.75, 3.05) is 0 Å². The van der Waals surface area contributed by atoms with Crippen molar-refractivity contribution >= 4 is 5.97 Å². The number of carbonyl (C=O) groups is 1. The van der Waals surface area contributed by atoms with Crippen molar-refractivity contribution in [2.24, 2.45) is 0 Å². The van der Waals surface area contributed by atoms with Crippen LogP contribution in [0, 0.1) is 0 Å². The number of halogens is 6. The Morgan fingerprint density at radius 1 is 1.26 bits per heavy atom. The highest BCUT2D eigenvalue weighted by molar-refractivity contribution is 5.87. The van der Waals surface area contributed by atoms with Crippen molar-refractivity contribution < 1.29 is 41.0 Å². The zero-order valence-corrected chi connectivity index (χ0v) is 9.97. The molecule has 3 unspecified atom stereocenters. The van der Waals surface area contributed by atoms with Crippen molar-refractivity contribution in [1.82, 2.24) is 0 Å². The lowest BCUT2D eigenvalue weighted by Crippen LogP contribution is -2.61. The largest absolute Gasteiger partial charge is 0.456 e. The van der Waals surface area contributed by atoms with E-state index < -0.39 is 36.4 Å². The van der Waals surface area contributed by atoms with Gasteiger partial charge in [-0.25, -0.2) is 18.0 Å². The minimum absolute atomic E-state index is 0.258. The molecule has 0 bridgehead atoms. The second-order valence-electron chi connectivity index (χ2n) is 3.92. The van der Waals surface area contributed by atoms with E-state index in [2.05, 4.69) is 11.3 Å². The molecule has 0 saturated carbocycles. The summed E-state index contributed by atoms with van der Waals surface area (Å²) in [7, 11) is 0. The zero-order chi connectivity index (χ0) is 15.6. The van der Waals surface area contributed by atoms with Gasteiger partial charge in [0.1, 0.15) is 6.10 Å². The van der Waals surface area contributed by atoms with Crippen molar-refractivity contribution in [3.63, 3.8) is 0 Å². The Hall–Kier alpha value is -1.25. The number of aliphatic hydroxyl groups is 1. The maximum atomic E-state index is 13.5. The van der Waals surface area contributed by atoms with E-state index in [1.54, 1.807) is 0 Å². The Morgan fingerprint density at radius 2 is 1.68 bits per heavy atom. The molecule has 3 nitrogen and oxygen atoms in total. The Morgan fingerprint density at radius 3 is 1.95 bits per heavy atom. The smallest absolute Gasteiger partial charge is 0.426 e. The maximum Gasteiger partial charge on any atom is 0.426 e. The van der Waals surface area contributed by atoms with Crippen LogP contribution in [0.3, 0.4) is 0 Å². The second-order valence-corrected chi connectivity index (χ2v) is 3.92. The molecule has 1 N–H and O–H groups in total. The highest BCUT2D eigenvalue weighted by Crippen LogP contribution is 2.40. The third kappa shape index (κ3) is 3.62. The SMILES string of the molecule is C=C(C)C(=O)OC(C)C(F)C(O)(C(F)F)C(F)(F)F. The van der Waals surface area contributed by atoms with Crippen LogP contribution in [0.15, 0.2) is 12.2 Å². The van der Waals surface area contributed by atoms with E-state index >= 15 is 0 Å². The van der Waals surface area contributed by atoms with Gasteiger partial charge in [0.05, 0.1) is 0 Å². The Bertz CT molecular complexity index is 354. The molecule has 0 aromatic carbocycles. The van der Waals surface area contributed by atoms with Gasteiger partial charge in [0.15, 0.2) is 6.17 Å². The number of hydrogen-bond acceptors (Lipinski definition) is 3. The first-order chi connectivity index (χ1) is 8.35. The van der Waals surface area contributed by atoms with Gasteiger partial charge in [-0.15, -0.1) is 0 Å². The van der Waals surface area contributed by atoms with Crippen molar-refractivity contribution in [1.29, 1.82) is 0 Å². The summed E-state index contributed by atoms with van der Waals surface area (Å²) in [5.41, 5.74) is -5.17. The van der Waals surface area contributed by atoms with E-state index in [-0.39, 0.29) is 5.57 Å². The molecule has 0 amide bonds. The van der Waals surface area contributed by atoms with Gasteiger partial charge in [-0.1, -0.05) is 6.58 Å². The van der Waals surface area contributed by atoms with Gasteiger partial charge in [0, 0.05) is 5.57 Å². The van der Waals surface area contributed by atoms with Crippen LogP contribution in [0.2, 0.25) is 0 Å². The third-order valence-corrected chi connectivity index (χ3v) is 2.26. The first-order valence-electron chi connectivity index (χ1n) is 4.93. The number of rotatable bonds is 5. The number of ether oxygens (including phenoxy) is 1. The summed E-state index contributed by atoms with van der Waals surface area (Å²) in [6, 6.07) is 0. The predicted molar refractivity (Wildman–Crippen MR) is 52.3 cm³/mol. The zero-order valence-electron chi connectivity index (χ0n) is 9.97. The lowest BCUT2D eigenvalue weighted by Gasteiger charge is -2.34. The number of hydrogen-bond donors (Lipinski definition) is 1. The summed E-state index contributed by atoms with van der Waals surface area (Å²) in [5.74, 6) is -1.26. The minimum Gasteiger partial charge on any atom is -0.456 e. The molecule has 0 spiro atoms. The summed E-state index contributed by atoms with van der Waals surface area (Å²) in [6.07, 6.45) is -16.1. The summed E-state index contributed by atoms with van der Waals surface area (Å²) in [4.78, 5) is 11.0. The molecule has 0 fully saturated rings. The molecule has 9 heteroatoms. The maximum absolute atomic E-state index is 13.5. The molecule has 0 aromatic rings. The van der Waals surface area contributed by atoms with E-state index in [1.165, 1.54) is 0 Å². The van der Waals surface area contributed by atoms with Crippen LogP contribution >= 0.6 is 0 Å². The summed E-state index contributed by atoms with van der Waals surface area (Å²) in [6.45, 7) is 4.83. The quantitative estimate of drug-likeness (QED) is 0.481. The topological polar surface area (TPSA) is 46.5 Å². The highest BCUT2D eigenvalue weighted by Gasteiger charge is 2.67. The molecule has 0 radical (unpaired) electrons. The fraction of sp³-hybridized carbons (Fsp3) is 0.700. The van der Waals surface area contributed by atoms with Gasteiger partial charge < -0.3 is 9.84 Å². The molecule has 0 heterocycles. The van der Waals surface area contributed by atoms with Gasteiger partial charge in [-0.2, -0.15) is 13.2 Å². The van der Waals surface area contributed by atoms with Crippen LogP contribution in [0.25, 0.3) is 0 Å². The van der Waals surface area contributed by atoms with Crippen LogP contribution in [0.4, 0.5) is 26.3 Å². The summed E-state index contributed by atoms with van der Waals surface area (Å²) >= 11 is 0. The Kier molecular flexibility index (Phi) is 5.42. The fourth-order valence-corrected chi connectivity index (χ4v) is 1.09. The van der Waals surface area contributed by atoms with E-state index in [0.29, 0.717) is 6.92 Å². The van der Waals surface area contributed by atoms with Gasteiger partial charge in [-0.05, 0) is 13.8 Å². The molecular weight excluding hydrogens is 282 g/mol. The van der Waals surface area contributed by atoms with Crippen molar-refractivity contribution in [3.05, 3.63) is 12.2 Å². The molecule has 112 valence electrons. The van der Waals surface area contributed by atoms with E-state index in [9.17, 15) is 31.1 Å². The van der Waals surface area contributed by atoms with Crippen molar-refractivity contribution in [2.45, 2.75) is 44.3 Å². The average molecular weight is 294 g/mol. The number of carbonyl (C=O) groups excluding carboxylic acids is 1. The lowest BCUT2D eigenvalue weighted by atomic mass is 9.94. The standard InChI is InChI=1S/C10H12F6O3/c1-4(2)7(17)19-5(3)6(11)9(18,8(12)13)10(14,15)16/h5-6,8,18H,1H2,2-3H3. The minimum atomic E-state index is -5.93. The predicted octanol–water partition coefficient (Wildman–Crippen LogP) is 2.39. The van der Waals surface area contributed by atoms with E-state index in [0.717, 1.165) is 6.92 Å². The lowest BCUT2D eigenvalue weighted by molar-refractivity contribution is -0.325. The molecular formula is C10H12F6O3. The Balaban J connectivity index is 5.18. The fourth-order valence-electron chi connectivity index (χ4n) is 1.09. The number of esters is 1. The Labute approximate surface area is 104 Å². The molecule has 0 aliphatic rings. The molecule has 0 saturated heterocycles. The first-order valence-corrected chi connectivity index (χ1v) is 4.93. The van der Waals surface area contributed by atoms with Crippen LogP contribution in [-0.2, 0) is 9.53 Å². The van der Waals surface area contributed by atoms with Crippen LogP contribution in [0.5, 0.6) is 0 Å². The van der Waals surface area contributed by atoms with E-state index in [4.69, 9.17) is 5.11 Å². The van der Waals surface area contributed by atoms with Crippen LogP contribution in [0.1, 0.15) is 13.8 Å². The van der Waals surface area contributed by atoms with Gasteiger partial charge in [0.25, 0.3) is 12.0 Å². The molecule has 0 aliphatic carbocycles. The third-order valence-electron chi connectivity index (χ3n) is 2.26. The monoisotopic (exact) mass is 294 g/mol. The summed E-state index contributed by atoms with van der Waals surface area (Å²) < 4.78 is 79.3. The van der Waals surface area contributed by atoms with Gasteiger partial charge in [-0.3, -0.25) is 0 Å². The molecule has 19 heavy (non-hydrogen) atoms. The molecule has 0 aliphatic heterocycles. The second kappa shape index (κ2) is 5.81. The first kappa shape index (κ1) is 17.8. The number of alkyl halides is 6. The van der Waals surface area contributed by atoms with E-state index in [1.807, 2.05) is 0 Å². The normalized spacial score (nSPS) is 18.6. The van der Waals surface area contributed by atoms with Crippen LogP contribution in [-0.4, -0.2) is 41.6 Å². The van der Waals surface area contributed by atoms with Gasteiger partial charge >= 0.3 is 12.1 Å². The average Bonchev–Trinajstić information content (AvgIpc) is 2.24. The molecule has 0 aromatic heterocycles.